The largest absolute Gasteiger partial charge is 0.508 e. The molecule has 1 aromatic rings. The van der Waals surface area contributed by atoms with Crippen molar-refractivity contribution >= 4 is 23.1 Å². The van der Waals surface area contributed by atoms with Crippen molar-refractivity contribution in [3.05, 3.63) is 88.4 Å². The maximum Gasteiger partial charge on any atom is 0.336 e. The van der Waals surface area contributed by atoms with Gasteiger partial charge in [-0.1, -0.05) is 38.1 Å². The molecular weight excluding hydrogens is 384 g/mol. The monoisotopic (exact) mass is 404 g/mol. The molecule has 152 valence electrons. The zero-order valence-electron chi connectivity index (χ0n) is 16.5. The Morgan fingerprint density at radius 2 is 1.90 bits per heavy atom. The second-order valence-electron chi connectivity index (χ2n) is 7.70. The molecule has 30 heavy (non-hydrogen) atoms. The molecule has 0 bridgehead atoms. The number of aromatic carboxylic acids is 1. The lowest BCUT2D eigenvalue weighted by atomic mass is 9.78. The smallest absolute Gasteiger partial charge is 0.336 e. The number of carbonyl (C=O) groups is 3. The lowest BCUT2D eigenvalue weighted by Crippen LogP contribution is -2.29. The molecule has 1 aromatic carbocycles. The van der Waals surface area contributed by atoms with Crippen molar-refractivity contribution in [3.63, 3.8) is 0 Å². The predicted octanol–water partition coefficient (Wildman–Crippen LogP) is 4.03. The van der Waals surface area contributed by atoms with E-state index in [1.165, 1.54) is 30.4 Å². The molecule has 6 nitrogen and oxygen atoms in total. The summed E-state index contributed by atoms with van der Waals surface area (Å²) in [5, 5.41) is 19.8. The molecule has 2 atom stereocenters. The highest BCUT2D eigenvalue weighted by atomic mass is 16.5. The number of rotatable bonds is 4. The summed E-state index contributed by atoms with van der Waals surface area (Å²) in [7, 11) is 0. The van der Waals surface area contributed by atoms with Gasteiger partial charge in [0.2, 0.25) is 0 Å². The van der Waals surface area contributed by atoms with Crippen LogP contribution in [0.2, 0.25) is 0 Å². The first-order valence-electron chi connectivity index (χ1n) is 9.61. The third-order valence-corrected chi connectivity index (χ3v) is 5.34. The first kappa shape index (κ1) is 19.6. The average Bonchev–Trinajstić information content (AvgIpc) is 2.70. The van der Waals surface area contributed by atoms with Gasteiger partial charge in [0.1, 0.15) is 17.6 Å². The summed E-state index contributed by atoms with van der Waals surface area (Å²) in [6.45, 7) is 3.52. The number of carbonyl (C=O) groups excluding carboxylic acids is 2. The fourth-order valence-corrected chi connectivity index (χ4v) is 3.91. The molecule has 6 heteroatoms. The van der Waals surface area contributed by atoms with E-state index in [4.69, 9.17) is 4.74 Å². The summed E-state index contributed by atoms with van der Waals surface area (Å²) < 4.78 is 5.92. The molecule has 0 aromatic heterocycles. The maximum absolute atomic E-state index is 12.4. The number of ketones is 2. The van der Waals surface area contributed by atoms with Gasteiger partial charge in [0, 0.05) is 29.2 Å². The van der Waals surface area contributed by atoms with Crippen LogP contribution in [-0.2, 0) is 9.53 Å². The first-order valence-corrected chi connectivity index (χ1v) is 9.61. The summed E-state index contributed by atoms with van der Waals surface area (Å²) in [5.41, 5.74) is 2.14. The Morgan fingerprint density at radius 1 is 1.13 bits per heavy atom. The lowest BCUT2D eigenvalue weighted by molar-refractivity contribution is -0.110. The van der Waals surface area contributed by atoms with E-state index in [2.05, 4.69) is 0 Å². The molecule has 1 heterocycles. The van der Waals surface area contributed by atoms with Gasteiger partial charge in [-0.2, -0.15) is 0 Å². The number of Topliss-reactive ketones (excluding diaryl/α,β-unsaturated/α-hetero) is 1. The Labute approximate surface area is 173 Å². The lowest BCUT2D eigenvalue weighted by Gasteiger charge is -2.36. The van der Waals surface area contributed by atoms with Crippen LogP contribution in [0.3, 0.4) is 0 Å². The van der Waals surface area contributed by atoms with E-state index in [-0.39, 0.29) is 28.8 Å². The minimum Gasteiger partial charge on any atom is -0.508 e. The van der Waals surface area contributed by atoms with E-state index < -0.39 is 18.0 Å². The normalized spacial score (nSPS) is 22.2. The Bertz CT molecular complexity index is 1130. The van der Waals surface area contributed by atoms with Crippen LogP contribution >= 0.6 is 0 Å². The first-order chi connectivity index (χ1) is 14.3. The van der Waals surface area contributed by atoms with E-state index in [1.54, 1.807) is 38.1 Å². The van der Waals surface area contributed by atoms with Crippen LogP contribution in [0.4, 0.5) is 0 Å². The molecule has 3 aliphatic rings. The molecule has 0 amide bonds. The van der Waals surface area contributed by atoms with Crippen LogP contribution in [0.1, 0.15) is 40.1 Å². The number of aliphatic hydroxyl groups is 1. The molecule has 2 N–H and O–H groups in total. The predicted molar refractivity (Wildman–Crippen MR) is 110 cm³/mol. The summed E-state index contributed by atoms with van der Waals surface area (Å²) in [5.74, 6) is -1.81. The van der Waals surface area contributed by atoms with Crippen molar-refractivity contribution in [2.24, 2.45) is 11.8 Å². The quantitative estimate of drug-likeness (QED) is 0.735. The van der Waals surface area contributed by atoms with Gasteiger partial charge >= 0.3 is 5.97 Å². The van der Waals surface area contributed by atoms with E-state index in [0.717, 1.165) is 0 Å². The molecule has 1 aliphatic heterocycles. The number of hydrogen-bond acceptors (Lipinski definition) is 5. The van der Waals surface area contributed by atoms with Gasteiger partial charge in [0.05, 0.1) is 11.5 Å². The van der Waals surface area contributed by atoms with Crippen LogP contribution < -0.4 is 0 Å². The zero-order chi connectivity index (χ0) is 21.6. The number of carboxylic acid groups (broad SMARTS) is 1. The average molecular weight is 404 g/mol. The fourth-order valence-electron chi connectivity index (χ4n) is 3.91. The zero-order valence-corrected chi connectivity index (χ0v) is 16.5. The van der Waals surface area contributed by atoms with Crippen molar-refractivity contribution in [2.45, 2.75) is 20.0 Å². The maximum atomic E-state index is 12.4. The van der Waals surface area contributed by atoms with Crippen molar-refractivity contribution in [1.82, 2.24) is 0 Å². The van der Waals surface area contributed by atoms with Crippen LogP contribution in [0, 0.1) is 11.8 Å². The molecule has 0 fully saturated rings. The number of hydrogen-bond donors (Lipinski definition) is 2. The summed E-state index contributed by atoms with van der Waals surface area (Å²) >= 11 is 0. The second-order valence-corrected chi connectivity index (χ2v) is 7.70. The van der Waals surface area contributed by atoms with Crippen LogP contribution in [0.15, 0.2) is 71.7 Å². The van der Waals surface area contributed by atoms with Crippen molar-refractivity contribution in [2.75, 3.05) is 0 Å². The number of ether oxygens (including phenoxy) is 1. The Balaban J connectivity index is 1.94. The number of carboxylic acids is 1. The number of allylic oxidation sites excluding steroid dienone is 4. The van der Waals surface area contributed by atoms with Crippen molar-refractivity contribution in [1.29, 1.82) is 0 Å². The summed E-state index contributed by atoms with van der Waals surface area (Å²) in [4.78, 5) is 36.4. The number of fused-ring (bicyclic) bond motifs is 2. The Hall–Kier alpha value is -3.67. The molecule has 0 radical (unpaired) electrons. The fraction of sp³-hybridized carbons (Fsp3) is 0.208. The SMILES string of the molecule is CC(C)C(=O)c1ccc(C2=C3C=CC(O)=CC3OC3=CC(=O)C=CC32)c(C(=O)O)c1. The van der Waals surface area contributed by atoms with Crippen LogP contribution in [0.5, 0.6) is 0 Å². The van der Waals surface area contributed by atoms with Crippen LogP contribution in [0.25, 0.3) is 5.57 Å². The number of benzene rings is 1. The van der Waals surface area contributed by atoms with Gasteiger partial charge in [0.15, 0.2) is 11.6 Å². The Kier molecular flexibility index (Phi) is 4.78. The molecule has 2 aliphatic carbocycles. The van der Waals surface area contributed by atoms with E-state index in [0.29, 0.717) is 28.0 Å². The molecule has 0 saturated heterocycles. The molecule has 2 unspecified atom stereocenters. The number of aliphatic hydroxyl groups excluding tert-OH is 1. The second kappa shape index (κ2) is 7.30. The molecule has 0 saturated carbocycles. The van der Waals surface area contributed by atoms with Crippen molar-refractivity contribution < 1.29 is 29.3 Å². The summed E-state index contributed by atoms with van der Waals surface area (Å²) in [6, 6.07) is 4.67. The topological polar surface area (TPSA) is 101 Å². The third kappa shape index (κ3) is 3.30. The minimum absolute atomic E-state index is 0.00137. The van der Waals surface area contributed by atoms with E-state index in [1.807, 2.05) is 0 Å². The minimum atomic E-state index is -1.15. The summed E-state index contributed by atoms with van der Waals surface area (Å²) in [6.07, 6.45) is 8.55. The van der Waals surface area contributed by atoms with Crippen LogP contribution in [-0.4, -0.2) is 33.9 Å². The van der Waals surface area contributed by atoms with Gasteiger partial charge in [-0.25, -0.2) is 4.79 Å². The highest BCUT2D eigenvalue weighted by Crippen LogP contribution is 2.44. The third-order valence-electron chi connectivity index (χ3n) is 5.34. The highest BCUT2D eigenvalue weighted by molar-refractivity contribution is 6.04. The van der Waals surface area contributed by atoms with Gasteiger partial charge in [-0.05, 0) is 29.4 Å². The molecule has 0 spiro atoms. The van der Waals surface area contributed by atoms with Gasteiger partial charge < -0.3 is 14.9 Å². The van der Waals surface area contributed by atoms with Gasteiger partial charge in [-0.15, -0.1) is 0 Å². The highest BCUT2D eigenvalue weighted by Gasteiger charge is 2.37. The molecular formula is C24H20O6. The van der Waals surface area contributed by atoms with Crippen molar-refractivity contribution in [3.8, 4) is 0 Å². The van der Waals surface area contributed by atoms with E-state index in [9.17, 15) is 24.6 Å². The van der Waals surface area contributed by atoms with E-state index >= 15 is 0 Å². The van der Waals surface area contributed by atoms with Gasteiger partial charge in [-0.3, -0.25) is 9.59 Å². The van der Waals surface area contributed by atoms with Gasteiger partial charge in [0.25, 0.3) is 0 Å². The Morgan fingerprint density at radius 3 is 2.60 bits per heavy atom. The standard InChI is InChI=1S/C24H20O6/c1-12(2)23(27)13-3-6-16(19(9-13)24(28)29)22-17-7-4-14(25)10-20(17)30-21-11-15(26)5-8-18(21)22/h3-12,17,21,26H,1-2H3,(H,28,29). The molecule has 4 rings (SSSR count).